The normalized spacial score (nSPS) is 11.2. The molecule has 0 aliphatic rings. The number of aromatic carboxylic acids is 1. The lowest BCUT2D eigenvalue weighted by atomic mass is 9.83. The number of aliphatic hydroxyl groups is 1. The van der Waals surface area contributed by atoms with Gasteiger partial charge in [0.15, 0.2) is 0 Å². The van der Waals surface area contributed by atoms with Gasteiger partial charge in [-0.15, -0.1) is 11.3 Å². The van der Waals surface area contributed by atoms with Gasteiger partial charge in [-0.3, -0.25) is 5.32 Å². The highest BCUT2D eigenvalue weighted by atomic mass is 32.1. The first-order valence-electron chi connectivity index (χ1n) is 6.44. The van der Waals surface area contributed by atoms with Gasteiger partial charge in [-0.05, 0) is 24.3 Å². The molecule has 0 saturated heterocycles. The van der Waals surface area contributed by atoms with Crippen LogP contribution in [0.1, 0.15) is 37.0 Å². The summed E-state index contributed by atoms with van der Waals surface area (Å²) >= 11 is 1.15. The van der Waals surface area contributed by atoms with E-state index < -0.39 is 12.0 Å². The first kappa shape index (κ1) is 16.5. The number of anilines is 1. The van der Waals surface area contributed by atoms with Crippen LogP contribution in [0.3, 0.4) is 0 Å². The summed E-state index contributed by atoms with van der Waals surface area (Å²) in [7, 11) is 0. The van der Waals surface area contributed by atoms with Crippen molar-refractivity contribution in [2.24, 2.45) is 5.41 Å². The smallest absolute Gasteiger partial charge is 0.338 e. The van der Waals surface area contributed by atoms with Crippen LogP contribution in [0.15, 0.2) is 11.4 Å². The van der Waals surface area contributed by atoms with Gasteiger partial charge < -0.3 is 15.5 Å². The first-order chi connectivity index (χ1) is 9.48. The molecule has 1 heterocycles. The molecule has 0 aliphatic heterocycles. The van der Waals surface area contributed by atoms with Crippen molar-refractivity contribution in [3.05, 3.63) is 17.0 Å². The molecule has 1 aromatic rings. The third kappa shape index (κ3) is 3.94. The van der Waals surface area contributed by atoms with Gasteiger partial charge in [-0.25, -0.2) is 9.59 Å². The van der Waals surface area contributed by atoms with Gasteiger partial charge in [0.25, 0.3) is 0 Å². The monoisotopic (exact) mass is 300 g/mol. The number of carbonyl (C=O) groups excluding carboxylic acids is 1. The van der Waals surface area contributed by atoms with E-state index in [-0.39, 0.29) is 17.6 Å². The molecule has 0 radical (unpaired) electrons. The van der Waals surface area contributed by atoms with Crippen LogP contribution < -0.4 is 10.6 Å². The molecular formula is C13H20N2O4S. The Labute approximate surface area is 121 Å². The summed E-state index contributed by atoms with van der Waals surface area (Å²) in [6, 6.07) is 0.980. The lowest BCUT2D eigenvalue weighted by molar-refractivity contribution is 0.0698. The number of amides is 2. The molecule has 0 spiro atoms. The SMILES string of the molecule is CCC(CC)(CO)CNC(=O)Nc1sccc1C(=O)O. The Morgan fingerprint density at radius 3 is 2.50 bits per heavy atom. The van der Waals surface area contributed by atoms with Gasteiger partial charge in [0.2, 0.25) is 0 Å². The van der Waals surface area contributed by atoms with E-state index in [9.17, 15) is 14.7 Å². The number of carboxylic acid groups (broad SMARTS) is 1. The van der Waals surface area contributed by atoms with Crippen LogP contribution in [0.25, 0.3) is 0 Å². The Bertz CT molecular complexity index is 460. The molecule has 20 heavy (non-hydrogen) atoms. The number of carbonyl (C=O) groups is 2. The van der Waals surface area contributed by atoms with Crippen molar-refractivity contribution < 1.29 is 19.8 Å². The minimum Gasteiger partial charge on any atom is -0.478 e. The van der Waals surface area contributed by atoms with E-state index in [1.165, 1.54) is 6.07 Å². The average Bonchev–Trinajstić information content (AvgIpc) is 2.89. The van der Waals surface area contributed by atoms with Gasteiger partial charge in [0, 0.05) is 12.0 Å². The molecule has 0 aliphatic carbocycles. The predicted octanol–water partition coefficient (Wildman–Crippen LogP) is 2.37. The summed E-state index contributed by atoms with van der Waals surface area (Å²) in [5, 5.41) is 25.5. The van der Waals surface area contributed by atoms with Gasteiger partial charge in [0.05, 0.1) is 12.2 Å². The predicted molar refractivity (Wildman–Crippen MR) is 78.4 cm³/mol. The van der Waals surface area contributed by atoms with Crippen molar-refractivity contribution in [2.75, 3.05) is 18.5 Å². The van der Waals surface area contributed by atoms with Crippen molar-refractivity contribution in [3.63, 3.8) is 0 Å². The lowest BCUT2D eigenvalue weighted by Gasteiger charge is -2.29. The topological polar surface area (TPSA) is 98.7 Å². The molecule has 4 N–H and O–H groups in total. The second kappa shape index (κ2) is 7.25. The van der Waals surface area contributed by atoms with Crippen LogP contribution in [0, 0.1) is 5.41 Å². The number of hydrogen-bond donors (Lipinski definition) is 4. The zero-order valence-corrected chi connectivity index (χ0v) is 12.4. The number of carboxylic acids is 1. The number of rotatable bonds is 7. The Hall–Kier alpha value is -1.60. The van der Waals surface area contributed by atoms with Crippen molar-refractivity contribution in [3.8, 4) is 0 Å². The molecule has 1 aromatic heterocycles. The minimum absolute atomic E-state index is 0.000339. The van der Waals surface area contributed by atoms with Gasteiger partial charge in [-0.2, -0.15) is 0 Å². The summed E-state index contributed by atoms with van der Waals surface area (Å²) in [6.45, 7) is 4.26. The molecule has 0 bridgehead atoms. The third-order valence-electron chi connectivity index (χ3n) is 3.58. The maximum Gasteiger partial charge on any atom is 0.338 e. The molecule has 0 saturated carbocycles. The maximum absolute atomic E-state index is 11.8. The minimum atomic E-state index is -1.08. The number of urea groups is 1. The highest BCUT2D eigenvalue weighted by molar-refractivity contribution is 7.14. The Morgan fingerprint density at radius 1 is 1.35 bits per heavy atom. The lowest BCUT2D eigenvalue weighted by Crippen LogP contribution is -2.41. The van der Waals surface area contributed by atoms with Gasteiger partial charge in [-0.1, -0.05) is 13.8 Å². The molecule has 0 atom stereocenters. The molecule has 0 fully saturated rings. The number of hydrogen-bond acceptors (Lipinski definition) is 4. The number of nitrogens with one attached hydrogen (secondary N) is 2. The number of thiophene rings is 1. The molecular weight excluding hydrogens is 280 g/mol. The van der Waals surface area contributed by atoms with Gasteiger partial charge in [0.1, 0.15) is 5.00 Å². The first-order valence-corrected chi connectivity index (χ1v) is 7.32. The van der Waals surface area contributed by atoms with E-state index in [2.05, 4.69) is 10.6 Å². The maximum atomic E-state index is 11.8. The van der Waals surface area contributed by atoms with Crippen LogP contribution in [0.5, 0.6) is 0 Å². The van der Waals surface area contributed by atoms with Crippen LogP contribution in [0.4, 0.5) is 9.80 Å². The zero-order valence-electron chi connectivity index (χ0n) is 11.6. The van der Waals surface area contributed by atoms with E-state index >= 15 is 0 Å². The Kier molecular flexibility index (Phi) is 5.97. The van der Waals surface area contributed by atoms with Crippen LogP contribution in [0.2, 0.25) is 0 Å². The Morgan fingerprint density at radius 2 is 2.00 bits per heavy atom. The fraction of sp³-hybridized carbons (Fsp3) is 0.538. The molecule has 0 unspecified atom stereocenters. The Balaban J connectivity index is 2.60. The molecule has 2 amide bonds. The van der Waals surface area contributed by atoms with Crippen molar-refractivity contribution in [1.29, 1.82) is 0 Å². The van der Waals surface area contributed by atoms with Crippen LogP contribution >= 0.6 is 11.3 Å². The van der Waals surface area contributed by atoms with E-state index in [4.69, 9.17) is 5.11 Å². The zero-order chi connectivity index (χ0) is 15.2. The molecule has 1 rings (SSSR count). The standard InChI is InChI=1S/C13H20N2O4S/c1-3-13(4-2,8-16)7-14-12(19)15-10-9(11(17)18)5-6-20-10/h5-6,16H,3-4,7-8H2,1-2H3,(H,17,18)(H2,14,15,19). The largest absolute Gasteiger partial charge is 0.478 e. The summed E-state index contributed by atoms with van der Waals surface area (Å²) in [5.41, 5.74) is -0.257. The summed E-state index contributed by atoms with van der Waals surface area (Å²) < 4.78 is 0. The molecule has 112 valence electrons. The van der Waals surface area contributed by atoms with Crippen molar-refractivity contribution >= 4 is 28.3 Å². The molecule has 7 heteroatoms. The fourth-order valence-corrected chi connectivity index (χ4v) is 2.54. The fourth-order valence-electron chi connectivity index (χ4n) is 1.77. The van der Waals surface area contributed by atoms with Crippen LogP contribution in [-0.2, 0) is 0 Å². The molecule has 0 aromatic carbocycles. The summed E-state index contributed by atoms with van der Waals surface area (Å²) in [4.78, 5) is 22.7. The van der Waals surface area contributed by atoms with Crippen molar-refractivity contribution in [2.45, 2.75) is 26.7 Å². The second-order valence-corrected chi connectivity index (χ2v) is 5.56. The van der Waals surface area contributed by atoms with E-state index in [0.29, 0.717) is 11.5 Å². The number of aliphatic hydroxyl groups excluding tert-OH is 1. The van der Waals surface area contributed by atoms with Gasteiger partial charge >= 0.3 is 12.0 Å². The highest BCUT2D eigenvalue weighted by Gasteiger charge is 2.26. The van der Waals surface area contributed by atoms with Crippen LogP contribution in [-0.4, -0.2) is 35.4 Å². The van der Waals surface area contributed by atoms with E-state index in [1.54, 1.807) is 5.38 Å². The van der Waals surface area contributed by atoms with Crippen molar-refractivity contribution in [1.82, 2.24) is 5.32 Å². The third-order valence-corrected chi connectivity index (χ3v) is 4.41. The average molecular weight is 300 g/mol. The second-order valence-electron chi connectivity index (χ2n) is 4.64. The van der Waals surface area contributed by atoms with E-state index in [1.807, 2.05) is 13.8 Å². The summed E-state index contributed by atoms with van der Waals surface area (Å²) in [6.07, 6.45) is 1.50. The van der Waals surface area contributed by atoms with E-state index in [0.717, 1.165) is 24.2 Å². The summed E-state index contributed by atoms with van der Waals surface area (Å²) in [5.74, 6) is -1.08. The highest BCUT2D eigenvalue weighted by Crippen LogP contribution is 2.25. The quantitative estimate of drug-likeness (QED) is 0.621. The molecule has 6 nitrogen and oxygen atoms in total.